The zero-order valence-corrected chi connectivity index (χ0v) is 11.1. The first-order valence-corrected chi connectivity index (χ1v) is 6.63. The van der Waals surface area contributed by atoms with Gasteiger partial charge in [0.1, 0.15) is 5.82 Å². The molecule has 0 spiro atoms. The Kier molecular flexibility index (Phi) is 4.18. The lowest BCUT2D eigenvalue weighted by Gasteiger charge is -2.27. The van der Waals surface area contributed by atoms with E-state index in [4.69, 9.17) is 0 Å². The molecular formula is C14H21N3O. The van der Waals surface area contributed by atoms with E-state index in [0.29, 0.717) is 17.5 Å². The van der Waals surface area contributed by atoms with Crippen molar-refractivity contribution in [2.24, 2.45) is 5.92 Å². The Morgan fingerprint density at radius 2 is 2.22 bits per heavy atom. The number of carbonyl (C=O) groups excluding carboxylic acids is 1. The lowest BCUT2D eigenvalue weighted by atomic mass is 9.87. The molecule has 2 unspecified atom stereocenters. The summed E-state index contributed by atoms with van der Waals surface area (Å²) in [5.74, 6) is 1.48. The van der Waals surface area contributed by atoms with Crippen LogP contribution in [0.15, 0.2) is 18.3 Å². The van der Waals surface area contributed by atoms with E-state index in [9.17, 15) is 4.79 Å². The van der Waals surface area contributed by atoms with Crippen LogP contribution in [0.3, 0.4) is 0 Å². The zero-order chi connectivity index (χ0) is 13.0. The normalized spacial score (nSPS) is 23.4. The van der Waals surface area contributed by atoms with Gasteiger partial charge in [0.2, 0.25) is 0 Å². The van der Waals surface area contributed by atoms with Crippen LogP contribution in [0, 0.1) is 5.92 Å². The van der Waals surface area contributed by atoms with Gasteiger partial charge in [-0.25, -0.2) is 4.98 Å². The maximum absolute atomic E-state index is 12.0. The van der Waals surface area contributed by atoms with Gasteiger partial charge in [-0.2, -0.15) is 0 Å². The summed E-state index contributed by atoms with van der Waals surface area (Å²) < 4.78 is 0. The number of rotatable bonds is 3. The zero-order valence-electron chi connectivity index (χ0n) is 11.1. The first-order valence-electron chi connectivity index (χ1n) is 6.63. The molecular weight excluding hydrogens is 226 g/mol. The third-order valence-electron chi connectivity index (χ3n) is 3.55. The maximum Gasteiger partial charge on any atom is 0.253 e. The highest BCUT2D eigenvalue weighted by Gasteiger charge is 2.20. The third-order valence-corrected chi connectivity index (χ3v) is 3.55. The minimum Gasteiger partial charge on any atom is -0.373 e. The lowest BCUT2D eigenvalue weighted by molar-refractivity contribution is 0.0921. The lowest BCUT2D eigenvalue weighted by Crippen LogP contribution is -2.38. The van der Waals surface area contributed by atoms with E-state index in [1.165, 1.54) is 12.8 Å². The molecule has 4 heteroatoms. The highest BCUT2D eigenvalue weighted by molar-refractivity contribution is 5.94. The van der Waals surface area contributed by atoms with Crippen LogP contribution < -0.4 is 10.6 Å². The van der Waals surface area contributed by atoms with E-state index in [1.54, 1.807) is 12.3 Å². The van der Waals surface area contributed by atoms with Crippen LogP contribution in [0.5, 0.6) is 0 Å². The van der Waals surface area contributed by atoms with Crippen molar-refractivity contribution in [1.29, 1.82) is 0 Å². The van der Waals surface area contributed by atoms with E-state index in [1.807, 2.05) is 13.1 Å². The van der Waals surface area contributed by atoms with Crippen LogP contribution in [-0.4, -0.2) is 24.0 Å². The van der Waals surface area contributed by atoms with E-state index in [0.717, 1.165) is 18.7 Å². The molecule has 1 heterocycles. The molecule has 1 aliphatic carbocycles. The number of nitrogens with zero attached hydrogens (tertiary/aromatic N) is 1. The number of anilines is 1. The SMILES string of the molecule is CNc1ccc(C(=O)NC2CCCC(C)C2)cn1. The standard InChI is InChI=1S/C14H21N3O/c1-10-4-3-5-12(8-10)17-14(18)11-6-7-13(15-2)16-9-11/h6-7,9-10,12H,3-5,8H2,1-2H3,(H,15,16)(H,17,18). The number of hydrogen-bond acceptors (Lipinski definition) is 3. The Bertz CT molecular complexity index is 402. The van der Waals surface area contributed by atoms with Crippen LogP contribution in [0.25, 0.3) is 0 Å². The summed E-state index contributed by atoms with van der Waals surface area (Å²) >= 11 is 0. The molecule has 0 aromatic carbocycles. The minimum atomic E-state index is -0.00995. The van der Waals surface area contributed by atoms with Crippen LogP contribution >= 0.6 is 0 Å². The second-order valence-electron chi connectivity index (χ2n) is 5.12. The van der Waals surface area contributed by atoms with Gasteiger partial charge in [0.25, 0.3) is 5.91 Å². The quantitative estimate of drug-likeness (QED) is 0.862. The second kappa shape index (κ2) is 5.85. The number of amides is 1. The molecule has 98 valence electrons. The van der Waals surface area contributed by atoms with Gasteiger partial charge < -0.3 is 10.6 Å². The second-order valence-corrected chi connectivity index (χ2v) is 5.12. The molecule has 18 heavy (non-hydrogen) atoms. The fourth-order valence-electron chi connectivity index (χ4n) is 2.51. The summed E-state index contributed by atoms with van der Waals surface area (Å²) in [6, 6.07) is 3.95. The van der Waals surface area contributed by atoms with Gasteiger partial charge in [-0.15, -0.1) is 0 Å². The summed E-state index contributed by atoms with van der Waals surface area (Å²) in [5, 5.41) is 6.04. The Morgan fingerprint density at radius 3 is 2.83 bits per heavy atom. The topological polar surface area (TPSA) is 54.0 Å². The molecule has 0 bridgehead atoms. The third kappa shape index (κ3) is 3.22. The van der Waals surface area contributed by atoms with Crippen molar-refractivity contribution in [1.82, 2.24) is 10.3 Å². The van der Waals surface area contributed by atoms with Crippen LogP contribution in [-0.2, 0) is 0 Å². The highest BCUT2D eigenvalue weighted by Crippen LogP contribution is 2.23. The van der Waals surface area contributed by atoms with Gasteiger partial charge in [-0.3, -0.25) is 4.79 Å². The average molecular weight is 247 g/mol. The fourth-order valence-corrected chi connectivity index (χ4v) is 2.51. The van der Waals surface area contributed by atoms with E-state index in [-0.39, 0.29) is 5.91 Å². The van der Waals surface area contributed by atoms with Crippen molar-refractivity contribution in [2.45, 2.75) is 38.6 Å². The van der Waals surface area contributed by atoms with Gasteiger partial charge in [-0.05, 0) is 30.9 Å². The van der Waals surface area contributed by atoms with Crippen molar-refractivity contribution in [2.75, 3.05) is 12.4 Å². The van der Waals surface area contributed by atoms with Gasteiger partial charge >= 0.3 is 0 Å². The molecule has 1 saturated carbocycles. The minimum absolute atomic E-state index is 0.00995. The predicted molar refractivity (Wildman–Crippen MR) is 72.7 cm³/mol. The van der Waals surface area contributed by atoms with Crippen molar-refractivity contribution in [3.8, 4) is 0 Å². The molecule has 0 saturated heterocycles. The monoisotopic (exact) mass is 247 g/mol. The molecule has 2 atom stereocenters. The number of hydrogen-bond donors (Lipinski definition) is 2. The molecule has 0 radical (unpaired) electrons. The first kappa shape index (κ1) is 12.9. The molecule has 2 rings (SSSR count). The van der Waals surface area contributed by atoms with E-state index >= 15 is 0 Å². The average Bonchev–Trinajstić information content (AvgIpc) is 2.39. The van der Waals surface area contributed by atoms with Gasteiger partial charge in [0, 0.05) is 19.3 Å². The van der Waals surface area contributed by atoms with Crippen LogP contribution in [0.4, 0.5) is 5.82 Å². The van der Waals surface area contributed by atoms with Gasteiger partial charge in [0.15, 0.2) is 0 Å². The fraction of sp³-hybridized carbons (Fsp3) is 0.571. The van der Waals surface area contributed by atoms with Gasteiger partial charge in [-0.1, -0.05) is 19.8 Å². The molecule has 1 aromatic heterocycles. The van der Waals surface area contributed by atoms with Crippen molar-refractivity contribution in [3.05, 3.63) is 23.9 Å². The molecule has 4 nitrogen and oxygen atoms in total. The van der Waals surface area contributed by atoms with Gasteiger partial charge in [0.05, 0.1) is 5.56 Å². The Morgan fingerprint density at radius 1 is 1.39 bits per heavy atom. The summed E-state index contributed by atoms with van der Waals surface area (Å²) in [5.41, 5.74) is 0.632. The van der Waals surface area contributed by atoms with E-state index < -0.39 is 0 Å². The number of nitrogens with one attached hydrogen (secondary N) is 2. The van der Waals surface area contributed by atoms with Crippen molar-refractivity contribution < 1.29 is 4.79 Å². The van der Waals surface area contributed by atoms with E-state index in [2.05, 4.69) is 22.5 Å². The summed E-state index contributed by atoms with van der Waals surface area (Å²) in [6.07, 6.45) is 6.30. The molecule has 1 fully saturated rings. The Balaban J connectivity index is 1.94. The largest absolute Gasteiger partial charge is 0.373 e. The molecule has 1 aliphatic rings. The van der Waals surface area contributed by atoms with Crippen LogP contribution in [0.2, 0.25) is 0 Å². The molecule has 2 N–H and O–H groups in total. The smallest absolute Gasteiger partial charge is 0.253 e. The molecule has 1 amide bonds. The first-order chi connectivity index (χ1) is 8.69. The van der Waals surface area contributed by atoms with Crippen LogP contribution in [0.1, 0.15) is 43.0 Å². The van der Waals surface area contributed by atoms with Crippen molar-refractivity contribution in [3.63, 3.8) is 0 Å². The Labute approximate surface area is 108 Å². The summed E-state index contributed by atoms with van der Waals surface area (Å²) in [4.78, 5) is 16.2. The highest BCUT2D eigenvalue weighted by atomic mass is 16.1. The predicted octanol–water partition coefficient (Wildman–Crippen LogP) is 2.43. The summed E-state index contributed by atoms with van der Waals surface area (Å²) in [7, 11) is 1.81. The number of carbonyl (C=O) groups is 1. The molecule has 1 aromatic rings. The number of pyridine rings is 1. The van der Waals surface area contributed by atoms with Crippen molar-refractivity contribution >= 4 is 11.7 Å². The Hall–Kier alpha value is -1.58. The number of aromatic nitrogens is 1. The maximum atomic E-state index is 12.0. The molecule has 0 aliphatic heterocycles. The summed E-state index contributed by atoms with van der Waals surface area (Å²) in [6.45, 7) is 2.25.